The highest BCUT2D eigenvalue weighted by Gasteiger charge is 2.27. The summed E-state index contributed by atoms with van der Waals surface area (Å²) in [6.45, 7) is 11.2. The summed E-state index contributed by atoms with van der Waals surface area (Å²) in [5, 5.41) is 7.30. The van der Waals surface area contributed by atoms with Crippen molar-refractivity contribution in [3.05, 3.63) is 11.7 Å². The van der Waals surface area contributed by atoms with E-state index in [0.717, 1.165) is 31.5 Å². The zero-order valence-corrected chi connectivity index (χ0v) is 17.0. The van der Waals surface area contributed by atoms with Crippen LogP contribution >= 0.6 is 24.0 Å². The molecule has 1 aromatic rings. The Balaban J connectivity index is 0.00000208. The van der Waals surface area contributed by atoms with Gasteiger partial charge < -0.3 is 19.6 Å². The van der Waals surface area contributed by atoms with E-state index in [4.69, 9.17) is 4.52 Å². The van der Waals surface area contributed by atoms with Gasteiger partial charge in [0, 0.05) is 33.1 Å². The highest BCUT2D eigenvalue weighted by Crippen LogP contribution is 2.20. The molecule has 0 spiro atoms. The van der Waals surface area contributed by atoms with Crippen molar-refractivity contribution in [1.29, 1.82) is 0 Å². The van der Waals surface area contributed by atoms with Crippen molar-refractivity contribution in [3.8, 4) is 0 Å². The molecule has 0 saturated carbocycles. The number of aryl methyl sites for hydroxylation is 1. The number of guanidine groups is 1. The fourth-order valence-electron chi connectivity index (χ4n) is 3.48. The average molecular weight is 448 g/mol. The number of nitrogens with zero attached hydrogens (tertiary/aromatic N) is 5. The van der Waals surface area contributed by atoms with Crippen LogP contribution in [0.2, 0.25) is 0 Å². The number of halogens is 1. The maximum absolute atomic E-state index is 5.00. The Labute approximate surface area is 161 Å². The van der Waals surface area contributed by atoms with Crippen LogP contribution in [-0.4, -0.2) is 65.2 Å². The molecule has 1 N–H and O–H groups in total. The molecule has 0 aromatic carbocycles. The zero-order valence-electron chi connectivity index (χ0n) is 14.7. The number of aliphatic imine (C=N–C) groups is 1. The summed E-state index contributed by atoms with van der Waals surface area (Å²) in [4.78, 5) is 13.9. The largest absolute Gasteiger partial charge is 0.357 e. The summed E-state index contributed by atoms with van der Waals surface area (Å²) in [5.74, 6) is 2.96. The summed E-state index contributed by atoms with van der Waals surface area (Å²) >= 11 is 0. The lowest BCUT2D eigenvalue weighted by molar-refractivity contribution is 0.281. The minimum atomic E-state index is 0. The first kappa shape index (κ1) is 19.4. The van der Waals surface area contributed by atoms with Gasteiger partial charge in [0.05, 0.1) is 0 Å². The molecule has 0 aliphatic carbocycles. The Hall–Kier alpha value is -0.900. The second kappa shape index (κ2) is 9.55. The molecule has 3 heterocycles. The summed E-state index contributed by atoms with van der Waals surface area (Å²) in [5.41, 5.74) is 0. The van der Waals surface area contributed by atoms with Gasteiger partial charge in [-0.2, -0.15) is 4.98 Å². The molecule has 2 saturated heterocycles. The van der Waals surface area contributed by atoms with Gasteiger partial charge in [0.2, 0.25) is 5.89 Å². The Bertz CT molecular complexity index is 528. The van der Waals surface area contributed by atoms with Gasteiger partial charge in [-0.25, -0.2) is 4.99 Å². The molecule has 2 aliphatic heterocycles. The molecule has 0 radical (unpaired) electrons. The average Bonchev–Trinajstić information content (AvgIpc) is 3.27. The molecule has 2 fully saturated rings. The highest BCUT2D eigenvalue weighted by molar-refractivity contribution is 14.0. The van der Waals surface area contributed by atoms with Crippen LogP contribution in [0.3, 0.4) is 0 Å². The maximum Gasteiger partial charge on any atom is 0.223 e. The van der Waals surface area contributed by atoms with Gasteiger partial charge in [-0.05, 0) is 45.2 Å². The first-order valence-electron chi connectivity index (χ1n) is 8.79. The molecule has 8 heteroatoms. The molecular formula is C16H29IN6O. The van der Waals surface area contributed by atoms with Crippen molar-refractivity contribution >= 4 is 29.9 Å². The van der Waals surface area contributed by atoms with E-state index in [2.05, 4.69) is 37.2 Å². The third-order valence-corrected chi connectivity index (χ3v) is 4.58. The lowest BCUT2D eigenvalue weighted by Gasteiger charge is -2.23. The fourth-order valence-corrected chi connectivity index (χ4v) is 3.48. The first-order valence-corrected chi connectivity index (χ1v) is 8.79. The number of nitrogens with one attached hydrogen (secondary N) is 1. The lowest BCUT2D eigenvalue weighted by atomic mass is 10.1. The topological polar surface area (TPSA) is 69.8 Å². The molecule has 136 valence electrons. The van der Waals surface area contributed by atoms with E-state index < -0.39 is 0 Å². The molecule has 1 unspecified atom stereocenters. The second-order valence-corrected chi connectivity index (χ2v) is 6.51. The zero-order chi connectivity index (χ0) is 16.1. The first-order chi connectivity index (χ1) is 11.2. The van der Waals surface area contributed by atoms with E-state index in [-0.39, 0.29) is 24.0 Å². The molecular weight excluding hydrogens is 419 g/mol. The van der Waals surface area contributed by atoms with Crippen molar-refractivity contribution in [1.82, 2.24) is 25.3 Å². The van der Waals surface area contributed by atoms with Crippen molar-refractivity contribution in [2.24, 2.45) is 10.9 Å². The Morgan fingerprint density at radius 3 is 2.79 bits per heavy atom. The van der Waals surface area contributed by atoms with E-state index in [1.54, 1.807) is 6.92 Å². The minimum Gasteiger partial charge on any atom is -0.357 e. The van der Waals surface area contributed by atoms with Crippen LogP contribution < -0.4 is 5.32 Å². The van der Waals surface area contributed by atoms with Gasteiger partial charge in [-0.1, -0.05) is 5.16 Å². The maximum atomic E-state index is 5.00. The number of rotatable bonds is 5. The van der Waals surface area contributed by atoms with Crippen LogP contribution in [0.15, 0.2) is 9.52 Å². The van der Waals surface area contributed by atoms with E-state index in [0.29, 0.717) is 18.3 Å². The van der Waals surface area contributed by atoms with E-state index in [1.165, 1.54) is 38.9 Å². The second-order valence-electron chi connectivity index (χ2n) is 6.51. The van der Waals surface area contributed by atoms with Gasteiger partial charge in [0.1, 0.15) is 6.54 Å². The summed E-state index contributed by atoms with van der Waals surface area (Å²) in [7, 11) is 0. The van der Waals surface area contributed by atoms with Gasteiger partial charge in [0.15, 0.2) is 11.8 Å². The van der Waals surface area contributed by atoms with Crippen molar-refractivity contribution in [2.45, 2.75) is 39.7 Å². The van der Waals surface area contributed by atoms with Crippen LogP contribution in [0.25, 0.3) is 0 Å². The standard InChI is InChI=1S/C16H28N6O.HI/c1-3-17-16(18-10-15-19-13(2)23-20-15)22-9-6-14(12-22)11-21-7-4-5-8-21;/h14H,3-12H2,1-2H3,(H,17,18);1H. The van der Waals surface area contributed by atoms with Crippen molar-refractivity contribution < 1.29 is 4.52 Å². The molecule has 7 nitrogen and oxygen atoms in total. The number of likely N-dealkylation sites (tertiary alicyclic amines) is 2. The van der Waals surface area contributed by atoms with E-state index in [1.807, 2.05) is 0 Å². The molecule has 1 aromatic heterocycles. The Morgan fingerprint density at radius 1 is 1.33 bits per heavy atom. The third kappa shape index (κ3) is 5.30. The molecule has 24 heavy (non-hydrogen) atoms. The summed E-state index contributed by atoms with van der Waals surface area (Å²) in [6, 6.07) is 0. The van der Waals surface area contributed by atoms with Gasteiger partial charge in [-0.15, -0.1) is 24.0 Å². The SMILES string of the molecule is CCNC(=NCc1noc(C)n1)N1CCC(CN2CCCC2)C1.I. The van der Waals surface area contributed by atoms with Crippen LogP contribution in [-0.2, 0) is 6.54 Å². The molecule has 0 bridgehead atoms. The third-order valence-electron chi connectivity index (χ3n) is 4.58. The highest BCUT2D eigenvalue weighted by atomic mass is 127. The minimum absolute atomic E-state index is 0. The number of hydrogen-bond donors (Lipinski definition) is 1. The predicted molar refractivity (Wildman–Crippen MR) is 105 cm³/mol. The van der Waals surface area contributed by atoms with Crippen LogP contribution in [0.4, 0.5) is 0 Å². The molecule has 0 amide bonds. The van der Waals surface area contributed by atoms with Crippen LogP contribution in [0.1, 0.15) is 37.9 Å². The van der Waals surface area contributed by atoms with Gasteiger partial charge in [0.25, 0.3) is 0 Å². The molecule has 2 aliphatic rings. The molecule has 1 atom stereocenters. The van der Waals surface area contributed by atoms with E-state index >= 15 is 0 Å². The smallest absolute Gasteiger partial charge is 0.223 e. The quantitative estimate of drug-likeness (QED) is 0.422. The van der Waals surface area contributed by atoms with Gasteiger partial charge >= 0.3 is 0 Å². The van der Waals surface area contributed by atoms with Crippen LogP contribution in [0, 0.1) is 12.8 Å². The van der Waals surface area contributed by atoms with Gasteiger partial charge in [-0.3, -0.25) is 0 Å². The normalized spacial score (nSPS) is 22.0. The lowest BCUT2D eigenvalue weighted by Crippen LogP contribution is -2.40. The number of hydrogen-bond acceptors (Lipinski definition) is 5. The van der Waals surface area contributed by atoms with Crippen molar-refractivity contribution in [2.75, 3.05) is 39.3 Å². The predicted octanol–water partition coefficient (Wildman–Crippen LogP) is 1.88. The summed E-state index contributed by atoms with van der Waals surface area (Å²) < 4.78 is 5.00. The van der Waals surface area contributed by atoms with Crippen LogP contribution in [0.5, 0.6) is 0 Å². The number of aromatic nitrogens is 2. The molecule has 3 rings (SSSR count). The van der Waals surface area contributed by atoms with E-state index in [9.17, 15) is 0 Å². The Kier molecular flexibility index (Phi) is 7.73. The Morgan fingerprint density at radius 2 is 2.12 bits per heavy atom. The van der Waals surface area contributed by atoms with Crippen molar-refractivity contribution in [3.63, 3.8) is 0 Å². The summed E-state index contributed by atoms with van der Waals surface area (Å²) in [6.07, 6.45) is 3.98. The fraction of sp³-hybridized carbons (Fsp3) is 0.812. The monoisotopic (exact) mass is 448 g/mol.